The highest BCUT2D eigenvalue weighted by molar-refractivity contribution is 7.13. The van der Waals surface area contributed by atoms with E-state index in [1.807, 2.05) is 53.9 Å². The molecule has 0 fully saturated rings. The normalized spacial score (nSPS) is 10.9. The fourth-order valence-electron chi connectivity index (χ4n) is 2.39. The number of hydrogen-bond donors (Lipinski definition) is 1. The van der Waals surface area contributed by atoms with Crippen molar-refractivity contribution in [2.24, 2.45) is 5.10 Å². The standard InChI is InChI=1S/C20H18ClN3O2S/c1-2-26-19(25)11-18-13-27-20(23-18)24-22-12-14-6-8-15(9-7-14)16-4-3-5-17(21)10-16/h3-10,12-13H,2,11H2,1H3,(H,23,24). The highest BCUT2D eigenvalue weighted by atomic mass is 35.5. The first kappa shape index (κ1) is 19.1. The van der Waals surface area contributed by atoms with E-state index < -0.39 is 0 Å². The van der Waals surface area contributed by atoms with Crippen LogP contribution in [0.15, 0.2) is 59.0 Å². The highest BCUT2D eigenvalue weighted by Crippen LogP contribution is 2.22. The van der Waals surface area contributed by atoms with Crippen molar-refractivity contribution < 1.29 is 9.53 Å². The zero-order chi connectivity index (χ0) is 19.1. The van der Waals surface area contributed by atoms with Crippen LogP contribution in [0.3, 0.4) is 0 Å². The van der Waals surface area contributed by atoms with Crippen molar-refractivity contribution in [1.29, 1.82) is 0 Å². The van der Waals surface area contributed by atoms with Gasteiger partial charge >= 0.3 is 5.97 Å². The molecular formula is C20H18ClN3O2S. The summed E-state index contributed by atoms with van der Waals surface area (Å²) in [5.74, 6) is -0.280. The van der Waals surface area contributed by atoms with Gasteiger partial charge in [0.15, 0.2) is 0 Å². The molecule has 0 spiro atoms. The molecule has 0 aliphatic heterocycles. The summed E-state index contributed by atoms with van der Waals surface area (Å²) in [6.07, 6.45) is 1.88. The molecule has 27 heavy (non-hydrogen) atoms. The number of benzene rings is 2. The van der Waals surface area contributed by atoms with E-state index in [4.69, 9.17) is 16.3 Å². The summed E-state index contributed by atoms with van der Waals surface area (Å²) in [6, 6.07) is 15.7. The summed E-state index contributed by atoms with van der Waals surface area (Å²) in [6.45, 7) is 2.15. The molecule has 5 nitrogen and oxygen atoms in total. The molecule has 0 radical (unpaired) electrons. The SMILES string of the molecule is CCOC(=O)Cc1csc(NN=Cc2ccc(-c3cccc(Cl)c3)cc2)n1. The Morgan fingerprint density at radius 2 is 2.07 bits per heavy atom. The zero-order valence-corrected chi connectivity index (χ0v) is 16.3. The molecule has 0 saturated heterocycles. The first-order chi connectivity index (χ1) is 13.1. The Kier molecular flexibility index (Phi) is 6.57. The number of anilines is 1. The van der Waals surface area contributed by atoms with Gasteiger partial charge in [0.25, 0.3) is 0 Å². The van der Waals surface area contributed by atoms with Gasteiger partial charge in [-0.25, -0.2) is 4.98 Å². The number of aromatic nitrogens is 1. The Hall–Kier alpha value is -2.70. The molecule has 0 aliphatic rings. The van der Waals surface area contributed by atoms with Crippen LogP contribution in [-0.2, 0) is 16.0 Å². The van der Waals surface area contributed by atoms with Gasteiger partial charge in [-0.15, -0.1) is 11.3 Å². The van der Waals surface area contributed by atoms with Gasteiger partial charge in [-0.3, -0.25) is 10.2 Å². The Bertz CT molecular complexity index is 938. The number of carbonyl (C=O) groups is 1. The first-order valence-corrected chi connectivity index (χ1v) is 9.65. The predicted octanol–water partition coefficient (Wildman–Crippen LogP) is 5.02. The van der Waals surface area contributed by atoms with Crippen molar-refractivity contribution >= 4 is 40.3 Å². The summed E-state index contributed by atoms with van der Waals surface area (Å²) >= 11 is 7.43. The second-order valence-corrected chi connectivity index (χ2v) is 6.92. The molecule has 1 heterocycles. The van der Waals surface area contributed by atoms with E-state index >= 15 is 0 Å². The minimum absolute atomic E-state index is 0.167. The maximum Gasteiger partial charge on any atom is 0.311 e. The second kappa shape index (κ2) is 9.30. The molecule has 1 N–H and O–H groups in total. The molecule has 3 aromatic rings. The van der Waals surface area contributed by atoms with Crippen molar-refractivity contribution in [1.82, 2.24) is 4.98 Å². The Labute approximate surface area is 166 Å². The lowest BCUT2D eigenvalue weighted by Crippen LogP contribution is -2.07. The van der Waals surface area contributed by atoms with Crippen LogP contribution in [0.25, 0.3) is 11.1 Å². The van der Waals surface area contributed by atoms with Gasteiger partial charge in [-0.2, -0.15) is 5.10 Å². The molecule has 0 bridgehead atoms. The fourth-order valence-corrected chi connectivity index (χ4v) is 3.24. The third kappa shape index (κ3) is 5.64. The van der Waals surface area contributed by atoms with Crippen molar-refractivity contribution in [2.75, 3.05) is 12.0 Å². The number of esters is 1. The van der Waals surface area contributed by atoms with E-state index in [-0.39, 0.29) is 12.4 Å². The number of ether oxygens (including phenoxy) is 1. The van der Waals surface area contributed by atoms with Gasteiger partial charge in [-0.1, -0.05) is 48.0 Å². The van der Waals surface area contributed by atoms with Gasteiger partial charge in [-0.05, 0) is 35.7 Å². The number of halogens is 1. The molecule has 0 saturated carbocycles. The smallest absolute Gasteiger partial charge is 0.311 e. The van der Waals surface area contributed by atoms with Gasteiger partial charge in [0.05, 0.1) is 24.9 Å². The van der Waals surface area contributed by atoms with E-state index in [9.17, 15) is 4.79 Å². The maximum absolute atomic E-state index is 11.5. The van der Waals surface area contributed by atoms with Gasteiger partial charge < -0.3 is 4.74 Å². The predicted molar refractivity (Wildman–Crippen MR) is 111 cm³/mol. The summed E-state index contributed by atoms with van der Waals surface area (Å²) in [4.78, 5) is 15.8. The van der Waals surface area contributed by atoms with Gasteiger partial charge in [0.1, 0.15) is 0 Å². The fraction of sp³-hybridized carbons (Fsp3) is 0.150. The molecule has 0 atom stereocenters. The number of nitrogens with zero attached hydrogens (tertiary/aromatic N) is 2. The second-order valence-electron chi connectivity index (χ2n) is 5.63. The monoisotopic (exact) mass is 399 g/mol. The van der Waals surface area contributed by atoms with Gasteiger partial charge in [0, 0.05) is 10.4 Å². The Morgan fingerprint density at radius 3 is 2.81 bits per heavy atom. The minimum Gasteiger partial charge on any atom is -0.466 e. The van der Waals surface area contributed by atoms with Crippen LogP contribution < -0.4 is 5.43 Å². The van der Waals surface area contributed by atoms with E-state index in [1.54, 1.807) is 13.1 Å². The molecule has 138 valence electrons. The molecule has 2 aromatic carbocycles. The number of rotatable bonds is 7. The number of nitrogens with one attached hydrogen (secondary N) is 1. The highest BCUT2D eigenvalue weighted by Gasteiger charge is 2.07. The number of hydrogen-bond acceptors (Lipinski definition) is 6. The zero-order valence-electron chi connectivity index (χ0n) is 14.7. The van der Waals surface area contributed by atoms with E-state index in [0.29, 0.717) is 22.5 Å². The van der Waals surface area contributed by atoms with Crippen LogP contribution in [0.2, 0.25) is 5.02 Å². The molecule has 0 unspecified atom stereocenters. The maximum atomic E-state index is 11.5. The van der Waals surface area contributed by atoms with Gasteiger partial charge in [0.2, 0.25) is 5.13 Å². The lowest BCUT2D eigenvalue weighted by Gasteiger charge is -2.02. The summed E-state index contributed by atoms with van der Waals surface area (Å²) < 4.78 is 4.91. The number of hydrazone groups is 1. The molecule has 1 aromatic heterocycles. The Balaban J connectivity index is 1.57. The topological polar surface area (TPSA) is 63.6 Å². The summed E-state index contributed by atoms with van der Waals surface area (Å²) in [5, 5.41) is 7.35. The summed E-state index contributed by atoms with van der Waals surface area (Å²) in [7, 11) is 0. The molecule has 7 heteroatoms. The average Bonchev–Trinajstić information content (AvgIpc) is 3.09. The van der Waals surface area contributed by atoms with E-state index in [1.165, 1.54) is 11.3 Å². The minimum atomic E-state index is -0.280. The molecule has 3 rings (SSSR count). The number of carbonyl (C=O) groups excluding carboxylic acids is 1. The van der Waals surface area contributed by atoms with Crippen LogP contribution in [0.4, 0.5) is 5.13 Å². The molecule has 0 amide bonds. The van der Waals surface area contributed by atoms with Crippen molar-refractivity contribution in [3.63, 3.8) is 0 Å². The lowest BCUT2D eigenvalue weighted by atomic mass is 10.0. The quantitative estimate of drug-likeness (QED) is 0.344. The first-order valence-electron chi connectivity index (χ1n) is 8.39. The third-order valence-corrected chi connectivity index (χ3v) is 4.66. The largest absolute Gasteiger partial charge is 0.466 e. The van der Waals surface area contributed by atoms with Crippen molar-refractivity contribution in [3.8, 4) is 11.1 Å². The van der Waals surface area contributed by atoms with Crippen LogP contribution in [-0.4, -0.2) is 23.8 Å². The van der Waals surface area contributed by atoms with Crippen LogP contribution in [0, 0.1) is 0 Å². The van der Waals surface area contributed by atoms with Crippen LogP contribution in [0.5, 0.6) is 0 Å². The molecular weight excluding hydrogens is 382 g/mol. The average molecular weight is 400 g/mol. The third-order valence-electron chi connectivity index (χ3n) is 3.62. The number of thiazole rings is 1. The van der Waals surface area contributed by atoms with E-state index in [2.05, 4.69) is 15.5 Å². The van der Waals surface area contributed by atoms with Crippen LogP contribution in [0.1, 0.15) is 18.2 Å². The lowest BCUT2D eigenvalue weighted by molar-refractivity contribution is -0.142. The summed E-state index contributed by atoms with van der Waals surface area (Å²) in [5.41, 5.74) is 6.66. The van der Waals surface area contributed by atoms with E-state index in [0.717, 1.165) is 16.7 Å². The van der Waals surface area contributed by atoms with Crippen molar-refractivity contribution in [2.45, 2.75) is 13.3 Å². The Morgan fingerprint density at radius 1 is 1.26 bits per heavy atom. The molecule has 0 aliphatic carbocycles. The van der Waals surface area contributed by atoms with Crippen molar-refractivity contribution in [3.05, 3.63) is 70.2 Å². The van der Waals surface area contributed by atoms with Crippen LogP contribution >= 0.6 is 22.9 Å².